The average molecular weight is 294 g/mol. The molecule has 2 N–H and O–H groups in total. The van der Waals surface area contributed by atoms with Gasteiger partial charge in [0.2, 0.25) is 5.52 Å². The molecular weight excluding hydrogens is 280 g/mol. The zero-order valence-corrected chi connectivity index (χ0v) is 11.5. The van der Waals surface area contributed by atoms with Crippen LogP contribution in [0.2, 0.25) is 0 Å². The van der Waals surface area contributed by atoms with Crippen LogP contribution in [0.5, 0.6) is 0 Å². The Bertz CT molecular complexity index is 694. The van der Waals surface area contributed by atoms with Crippen LogP contribution in [-0.4, -0.2) is 31.9 Å². The molecule has 0 saturated carbocycles. The predicted molar refractivity (Wildman–Crippen MR) is 73.0 cm³/mol. The first kappa shape index (κ1) is 14.7. The standard InChI is InChI=1S/C12H14N4O5/c1-12(2,6-5-9(17)18)13-7-3-4-8(16(19)20)11-10(7)14-21-15-11/h3-4,13H,5-6H2,1-2H3,(H,17,18). The molecule has 21 heavy (non-hydrogen) atoms. The van der Waals surface area contributed by atoms with E-state index in [1.54, 1.807) is 0 Å². The Hall–Kier alpha value is -2.71. The molecule has 0 aliphatic heterocycles. The molecule has 2 aromatic rings. The Morgan fingerprint density at radius 3 is 2.71 bits per heavy atom. The van der Waals surface area contributed by atoms with E-state index in [-0.39, 0.29) is 23.1 Å². The van der Waals surface area contributed by atoms with Crippen molar-refractivity contribution in [1.82, 2.24) is 10.3 Å². The number of hydrogen-bond acceptors (Lipinski definition) is 7. The number of aliphatic carboxylic acids is 1. The van der Waals surface area contributed by atoms with Gasteiger partial charge in [-0.25, -0.2) is 4.63 Å². The van der Waals surface area contributed by atoms with Crippen molar-refractivity contribution in [3.8, 4) is 0 Å². The van der Waals surface area contributed by atoms with Crippen LogP contribution in [0.1, 0.15) is 26.7 Å². The molecule has 0 bridgehead atoms. The molecule has 0 aliphatic rings. The van der Waals surface area contributed by atoms with Gasteiger partial charge < -0.3 is 10.4 Å². The highest BCUT2D eigenvalue weighted by molar-refractivity contribution is 5.93. The number of benzene rings is 1. The van der Waals surface area contributed by atoms with Crippen molar-refractivity contribution in [3.05, 3.63) is 22.2 Å². The zero-order chi connectivity index (χ0) is 15.6. The van der Waals surface area contributed by atoms with Gasteiger partial charge in [-0.1, -0.05) is 0 Å². The largest absolute Gasteiger partial charge is 0.481 e. The smallest absolute Gasteiger partial charge is 0.303 e. The van der Waals surface area contributed by atoms with E-state index >= 15 is 0 Å². The lowest BCUT2D eigenvalue weighted by atomic mass is 9.97. The summed E-state index contributed by atoms with van der Waals surface area (Å²) in [7, 11) is 0. The average Bonchev–Trinajstić information content (AvgIpc) is 2.85. The fraction of sp³-hybridized carbons (Fsp3) is 0.417. The fourth-order valence-electron chi connectivity index (χ4n) is 1.95. The topological polar surface area (TPSA) is 131 Å². The summed E-state index contributed by atoms with van der Waals surface area (Å²) >= 11 is 0. The number of fused-ring (bicyclic) bond motifs is 1. The summed E-state index contributed by atoms with van der Waals surface area (Å²) in [5, 5.41) is 30.0. The maximum absolute atomic E-state index is 10.9. The molecule has 1 heterocycles. The van der Waals surface area contributed by atoms with E-state index in [4.69, 9.17) is 5.11 Å². The van der Waals surface area contributed by atoms with Crippen molar-refractivity contribution in [1.29, 1.82) is 0 Å². The third-order valence-corrected chi connectivity index (χ3v) is 3.03. The van der Waals surface area contributed by atoms with Crippen LogP contribution in [0, 0.1) is 10.1 Å². The quantitative estimate of drug-likeness (QED) is 0.612. The lowest BCUT2D eigenvalue weighted by molar-refractivity contribution is -0.383. The summed E-state index contributed by atoms with van der Waals surface area (Å²) < 4.78 is 4.57. The van der Waals surface area contributed by atoms with E-state index < -0.39 is 16.4 Å². The number of carboxylic acids is 1. The fourth-order valence-corrected chi connectivity index (χ4v) is 1.95. The van der Waals surface area contributed by atoms with Crippen LogP contribution >= 0.6 is 0 Å². The maximum atomic E-state index is 10.9. The third-order valence-electron chi connectivity index (χ3n) is 3.03. The summed E-state index contributed by atoms with van der Waals surface area (Å²) in [6.45, 7) is 3.66. The number of carboxylic acid groups (broad SMARTS) is 1. The second-order valence-corrected chi connectivity index (χ2v) is 5.25. The first-order valence-corrected chi connectivity index (χ1v) is 6.20. The van der Waals surface area contributed by atoms with Gasteiger partial charge in [-0.2, -0.15) is 0 Å². The molecule has 0 unspecified atom stereocenters. The number of aromatic nitrogens is 2. The molecule has 0 aliphatic carbocycles. The molecule has 0 radical (unpaired) electrons. The van der Waals surface area contributed by atoms with Crippen LogP contribution in [0.4, 0.5) is 11.4 Å². The minimum Gasteiger partial charge on any atom is -0.481 e. The van der Waals surface area contributed by atoms with Crippen molar-refractivity contribution in [2.24, 2.45) is 0 Å². The van der Waals surface area contributed by atoms with Crippen LogP contribution in [-0.2, 0) is 4.79 Å². The van der Waals surface area contributed by atoms with Gasteiger partial charge in [0.25, 0.3) is 0 Å². The summed E-state index contributed by atoms with van der Waals surface area (Å²) in [4.78, 5) is 21.0. The van der Waals surface area contributed by atoms with Gasteiger partial charge in [-0.15, -0.1) is 0 Å². The Morgan fingerprint density at radius 2 is 2.10 bits per heavy atom. The Kier molecular flexibility index (Phi) is 3.74. The van der Waals surface area contributed by atoms with E-state index in [1.165, 1.54) is 12.1 Å². The summed E-state index contributed by atoms with van der Waals surface area (Å²) in [5.74, 6) is -0.887. The lowest BCUT2D eigenvalue weighted by Gasteiger charge is -2.26. The van der Waals surface area contributed by atoms with E-state index in [9.17, 15) is 14.9 Å². The number of carbonyl (C=O) groups is 1. The highest BCUT2D eigenvalue weighted by Gasteiger charge is 2.24. The van der Waals surface area contributed by atoms with E-state index in [0.29, 0.717) is 12.1 Å². The van der Waals surface area contributed by atoms with Gasteiger partial charge in [0.1, 0.15) is 0 Å². The molecule has 0 fully saturated rings. The van der Waals surface area contributed by atoms with Crippen molar-refractivity contribution in [3.63, 3.8) is 0 Å². The number of anilines is 1. The Labute approximate surface area is 119 Å². The van der Waals surface area contributed by atoms with Crippen molar-refractivity contribution in [2.75, 3.05) is 5.32 Å². The maximum Gasteiger partial charge on any atom is 0.303 e. The molecule has 9 heteroatoms. The van der Waals surface area contributed by atoms with Crippen molar-refractivity contribution >= 4 is 28.4 Å². The molecule has 0 saturated heterocycles. The molecule has 0 spiro atoms. The van der Waals surface area contributed by atoms with Crippen LogP contribution < -0.4 is 5.32 Å². The predicted octanol–water partition coefficient (Wildman–Crippen LogP) is 2.19. The van der Waals surface area contributed by atoms with Crippen molar-refractivity contribution in [2.45, 2.75) is 32.2 Å². The minimum absolute atomic E-state index is 0.00713. The molecule has 0 atom stereocenters. The SMILES string of the molecule is CC(C)(CCC(=O)O)Nc1ccc([N+](=O)[O-])c2nonc12. The zero-order valence-electron chi connectivity index (χ0n) is 11.5. The van der Waals surface area contributed by atoms with Gasteiger partial charge in [-0.3, -0.25) is 14.9 Å². The lowest BCUT2D eigenvalue weighted by Crippen LogP contribution is -2.31. The van der Waals surface area contributed by atoms with Crippen molar-refractivity contribution < 1.29 is 19.5 Å². The number of rotatable bonds is 6. The second-order valence-electron chi connectivity index (χ2n) is 5.25. The minimum atomic E-state index is -0.887. The third kappa shape index (κ3) is 3.25. The highest BCUT2D eigenvalue weighted by atomic mass is 16.6. The summed E-state index contributed by atoms with van der Waals surface area (Å²) in [6, 6.07) is 2.81. The molecule has 9 nitrogen and oxygen atoms in total. The van der Waals surface area contributed by atoms with E-state index in [1.807, 2.05) is 13.8 Å². The van der Waals surface area contributed by atoms with Crippen LogP contribution in [0.15, 0.2) is 16.8 Å². The van der Waals surface area contributed by atoms with Gasteiger partial charge >= 0.3 is 11.7 Å². The number of nitro groups is 1. The summed E-state index contributed by atoms with van der Waals surface area (Å²) in [6.07, 6.45) is 0.388. The van der Waals surface area contributed by atoms with E-state index in [0.717, 1.165) is 0 Å². The number of nitro benzene ring substituents is 1. The molecule has 0 amide bonds. The van der Waals surface area contributed by atoms with Crippen LogP contribution in [0.25, 0.3) is 11.0 Å². The Balaban J connectivity index is 2.31. The molecule has 112 valence electrons. The second kappa shape index (κ2) is 5.35. The monoisotopic (exact) mass is 294 g/mol. The molecule has 1 aromatic carbocycles. The summed E-state index contributed by atoms with van der Waals surface area (Å²) in [5.41, 5.74) is 0.0828. The van der Waals surface area contributed by atoms with E-state index in [2.05, 4.69) is 20.3 Å². The number of nitrogens with one attached hydrogen (secondary N) is 1. The number of non-ortho nitro benzene ring substituents is 1. The number of nitrogens with zero attached hydrogens (tertiary/aromatic N) is 3. The first-order chi connectivity index (χ1) is 9.80. The molecule has 2 rings (SSSR count). The van der Waals surface area contributed by atoms with Gasteiger partial charge in [0.05, 0.1) is 10.6 Å². The Morgan fingerprint density at radius 1 is 1.43 bits per heavy atom. The normalized spacial score (nSPS) is 11.5. The van der Waals surface area contributed by atoms with Gasteiger partial charge in [0.15, 0.2) is 5.52 Å². The van der Waals surface area contributed by atoms with Gasteiger partial charge in [-0.05, 0) is 36.6 Å². The van der Waals surface area contributed by atoms with Gasteiger partial charge in [0, 0.05) is 18.0 Å². The molecular formula is C12H14N4O5. The highest BCUT2D eigenvalue weighted by Crippen LogP contribution is 2.31. The first-order valence-electron chi connectivity index (χ1n) is 6.20. The van der Waals surface area contributed by atoms with Crippen LogP contribution in [0.3, 0.4) is 0 Å². The molecule has 1 aromatic heterocycles. The number of hydrogen-bond donors (Lipinski definition) is 2.